The summed E-state index contributed by atoms with van der Waals surface area (Å²) in [6.45, 7) is 7.91. The Kier molecular flexibility index (Phi) is 10.3. The van der Waals surface area contributed by atoms with Crippen LogP contribution in [0.3, 0.4) is 0 Å². The molecule has 2 fully saturated rings. The van der Waals surface area contributed by atoms with Gasteiger partial charge in [0.15, 0.2) is 5.96 Å². The van der Waals surface area contributed by atoms with Gasteiger partial charge < -0.3 is 19.9 Å². The van der Waals surface area contributed by atoms with Gasteiger partial charge in [0.05, 0.1) is 13.2 Å². The lowest BCUT2D eigenvalue weighted by Gasteiger charge is -2.29. The van der Waals surface area contributed by atoms with Crippen LogP contribution in [0.4, 0.5) is 0 Å². The van der Waals surface area contributed by atoms with Gasteiger partial charge in [-0.3, -0.25) is 14.7 Å². The first-order chi connectivity index (χ1) is 14.1. The van der Waals surface area contributed by atoms with Crippen molar-refractivity contribution in [2.45, 2.75) is 12.8 Å². The molecule has 7 nitrogen and oxygen atoms in total. The lowest BCUT2D eigenvalue weighted by atomic mass is 10.1. The minimum Gasteiger partial charge on any atom is -0.379 e. The smallest absolute Gasteiger partial charge is 0.253 e. The highest BCUT2D eigenvalue weighted by atomic mass is 127. The van der Waals surface area contributed by atoms with Gasteiger partial charge in [-0.15, -0.1) is 24.0 Å². The molecule has 1 aromatic rings. The maximum atomic E-state index is 12.1. The van der Waals surface area contributed by atoms with Crippen molar-refractivity contribution in [3.05, 3.63) is 35.4 Å². The van der Waals surface area contributed by atoms with E-state index in [1.165, 1.54) is 6.42 Å². The third-order valence-corrected chi connectivity index (χ3v) is 5.69. The van der Waals surface area contributed by atoms with E-state index in [1.54, 1.807) is 19.0 Å². The average Bonchev–Trinajstić information content (AvgIpc) is 3.19. The van der Waals surface area contributed by atoms with Crippen LogP contribution in [0.5, 0.6) is 0 Å². The number of hydrogen-bond donors (Lipinski definition) is 1. The van der Waals surface area contributed by atoms with Crippen molar-refractivity contribution in [1.29, 1.82) is 0 Å². The number of aliphatic imine (C=N–C) groups is 1. The van der Waals surface area contributed by atoms with E-state index in [1.807, 2.05) is 25.2 Å². The predicted octanol–water partition coefficient (Wildman–Crippen LogP) is 1.78. The number of benzene rings is 1. The second-order valence-corrected chi connectivity index (χ2v) is 8.14. The van der Waals surface area contributed by atoms with Crippen LogP contribution < -0.4 is 5.32 Å². The summed E-state index contributed by atoms with van der Waals surface area (Å²) >= 11 is 0. The number of hydrogen-bond acceptors (Lipinski definition) is 4. The lowest BCUT2D eigenvalue weighted by Crippen LogP contribution is -2.42. The number of likely N-dealkylation sites (tertiary alicyclic amines) is 1. The van der Waals surface area contributed by atoms with Crippen molar-refractivity contribution in [3.63, 3.8) is 0 Å². The lowest BCUT2D eigenvalue weighted by molar-refractivity contribution is 0.0315. The van der Waals surface area contributed by atoms with Gasteiger partial charge >= 0.3 is 0 Å². The molecule has 0 saturated carbocycles. The Balaban J connectivity index is 0.00000320. The number of rotatable bonds is 6. The van der Waals surface area contributed by atoms with E-state index in [4.69, 9.17) is 4.74 Å². The zero-order valence-corrected chi connectivity index (χ0v) is 20.8. The van der Waals surface area contributed by atoms with Crippen molar-refractivity contribution in [2.24, 2.45) is 10.9 Å². The Labute approximate surface area is 197 Å². The Morgan fingerprint density at radius 1 is 1.27 bits per heavy atom. The van der Waals surface area contributed by atoms with E-state index in [-0.39, 0.29) is 29.9 Å². The Bertz CT molecular complexity index is 707. The van der Waals surface area contributed by atoms with E-state index >= 15 is 0 Å². The first-order valence-electron chi connectivity index (χ1n) is 10.6. The quantitative estimate of drug-likeness (QED) is 0.346. The van der Waals surface area contributed by atoms with Gasteiger partial charge in [-0.05, 0) is 36.5 Å². The maximum absolute atomic E-state index is 12.1. The number of guanidine groups is 1. The van der Waals surface area contributed by atoms with Crippen LogP contribution >= 0.6 is 24.0 Å². The molecule has 168 valence electrons. The Morgan fingerprint density at radius 2 is 2.03 bits per heavy atom. The highest BCUT2D eigenvalue weighted by Gasteiger charge is 2.27. The molecule has 1 N–H and O–H groups in total. The van der Waals surface area contributed by atoms with E-state index in [9.17, 15) is 4.79 Å². The standard InChI is InChI=1S/C22H35N5O2.HI/c1-23-22(27-10-8-19(17-27)16-26-11-13-29-14-12-26)24-9-7-18-5-4-6-20(15-18)21(28)25(2)3;/h4-6,15,19H,7-14,16-17H2,1-3H3,(H,23,24);1H. The number of carbonyl (C=O) groups is 1. The van der Waals surface area contributed by atoms with Gasteiger partial charge in [-0.2, -0.15) is 0 Å². The third-order valence-electron chi connectivity index (χ3n) is 5.69. The molecule has 1 aromatic carbocycles. The number of amides is 1. The number of morpholine rings is 1. The molecule has 3 rings (SSSR count). The Morgan fingerprint density at radius 3 is 2.73 bits per heavy atom. The SMILES string of the molecule is CN=C(NCCc1cccc(C(=O)N(C)C)c1)N1CCC(CN2CCOCC2)C1.I. The van der Waals surface area contributed by atoms with E-state index in [2.05, 4.69) is 26.2 Å². The van der Waals surface area contributed by atoms with Gasteiger partial charge in [0.2, 0.25) is 0 Å². The second kappa shape index (κ2) is 12.5. The summed E-state index contributed by atoms with van der Waals surface area (Å²) < 4.78 is 5.45. The summed E-state index contributed by atoms with van der Waals surface area (Å²) in [6, 6.07) is 7.89. The zero-order chi connectivity index (χ0) is 20.6. The van der Waals surface area contributed by atoms with Gasteiger partial charge in [0.1, 0.15) is 0 Å². The van der Waals surface area contributed by atoms with Crippen LogP contribution in [0.2, 0.25) is 0 Å². The fraction of sp³-hybridized carbons (Fsp3) is 0.636. The van der Waals surface area contributed by atoms with Crippen LogP contribution in [0.1, 0.15) is 22.3 Å². The molecule has 0 radical (unpaired) electrons. The van der Waals surface area contributed by atoms with Gasteiger partial charge in [0.25, 0.3) is 5.91 Å². The third kappa shape index (κ3) is 7.09. The molecule has 8 heteroatoms. The summed E-state index contributed by atoms with van der Waals surface area (Å²) in [5.74, 6) is 1.72. The zero-order valence-electron chi connectivity index (χ0n) is 18.5. The molecule has 1 amide bonds. The summed E-state index contributed by atoms with van der Waals surface area (Å²) in [6.07, 6.45) is 2.07. The summed E-state index contributed by atoms with van der Waals surface area (Å²) in [5, 5.41) is 3.50. The van der Waals surface area contributed by atoms with Crippen LogP contribution in [-0.4, -0.2) is 100 Å². The van der Waals surface area contributed by atoms with Gasteiger partial charge in [-0.25, -0.2) is 0 Å². The minimum absolute atomic E-state index is 0. The molecule has 0 aromatic heterocycles. The van der Waals surface area contributed by atoms with Crippen LogP contribution in [-0.2, 0) is 11.2 Å². The van der Waals surface area contributed by atoms with Gasteiger partial charge in [0, 0.05) is 66.0 Å². The predicted molar refractivity (Wildman–Crippen MR) is 132 cm³/mol. The normalized spacial score (nSPS) is 20.0. The monoisotopic (exact) mass is 529 g/mol. The number of halogens is 1. The molecule has 0 spiro atoms. The summed E-state index contributed by atoms with van der Waals surface area (Å²) in [7, 11) is 5.42. The van der Waals surface area contributed by atoms with E-state index in [0.29, 0.717) is 5.92 Å². The molecule has 2 aliphatic heterocycles. The topological polar surface area (TPSA) is 60.4 Å². The molecular weight excluding hydrogens is 493 g/mol. The molecular formula is C22H36IN5O2. The molecule has 1 atom stereocenters. The maximum Gasteiger partial charge on any atom is 0.253 e. The highest BCUT2D eigenvalue weighted by molar-refractivity contribution is 14.0. The van der Waals surface area contributed by atoms with Gasteiger partial charge in [-0.1, -0.05) is 12.1 Å². The van der Waals surface area contributed by atoms with E-state index < -0.39 is 0 Å². The van der Waals surface area contributed by atoms with Crippen LogP contribution in [0.15, 0.2) is 29.3 Å². The molecule has 2 aliphatic rings. The number of nitrogens with one attached hydrogen (secondary N) is 1. The minimum atomic E-state index is 0. The average molecular weight is 529 g/mol. The van der Waals surface area contributed by atoms with Crippen LogP contribution in [0, 0.1) is 5.92 Å². The van der Waals surface area contributed by atoms with Crippen LogP contribution in [0.25, 0.3) is 0 Å². The summed E-state index contributed by atoms with van der Waals surface area (Å²) in [5.41, 5.74) is 1.90. The molecule has 1 unspecified atom stereocenters. The fourth-order valence-corrected chi connectivity index (χ4v) is 4.09. The van der Waals surface area contributed by atoms with Crippen molar-refractivity contribution >= 4 is 35.8 Å². The van der Waals surface area contributed by atoms with Crippen molar-refractivity contribution in [3.8, 4) is 0 Å². The van der Waals surface area contributed by atoms with Crippen molar-refractivity contribution in [1.82, 2.24) is 20.0 Å². The van der Waals surface area contributed by atoms with Crippen molar-refractivity contribution < 1.29 is 9.53 Å². The first kappa shape index (κ1) is 24.9. The highest BCUT2D eigenvalue weighted by Crippen LogP contribution is 2.18. The number of carbonyl (C=O) groups excluding carboxylic acids is 1. The molecule has 0 bridgehead atoms. The first-order valence-corrected chi connectivity index (χ1v) is 10.6. The molecule has 0 aliphatic carbocycles. The second-order valence-electron chi connectivity index (χ2n) is 8.14. The number of nitrogens with zero attached hydrogens (tertiary/aromatic N) is 4. The molecule has 2 saturated heterocycles. The van der Waals surface area contributed by atoms with Crippen molar-refractivity contribution in [2.75, 3.05) is 73.6 Å². The molecule has 2 heterocycles. The van der Waals surface area contributed by atoms with E-state index in [0.717, 1.165) is 76.0 Å². The largest absolute Gasteiger partial charge is 0.379 e. The summed E-state index contributed by atoms with van der Waals surface area (Å²) in [4.78, 5) is 23.1. The number of ether oxygens (including phenoxy) is 1. The molecule has 30 heavy (non-hydrogen) atoms. The Hall–Kier alpha value is -1.39. The fourth-order valence-electron chi connectivity index (χ4n) is 4.09.